The number of amides is 1. The molecule has 0 radical (unpaired) electrons. The molecule has 9 nitrogen and oxygen atoms in total. The summed E-state index contributed by atoms with van der Waals surface area (Å²) in [6.07, 6.45) is -0.967. The molecule has 0 atom stereocenters. The Bertz CT molecular complexity index is 630. The molecular weight excluding hydrogens is 318 g/mol. The number of hydrogen-bond donors (Lipinski definition) is 1. The molecule has 0 saturated carbocycles. The summed E-state index contributed by atoms with van der Waals surface area (Å²) in [4.78, 5) is 39.5. The third-order valence-corrected chi connectivity index (χ3v) is 2.77. The number of imidazole rings is 1. The number of ether oxygens (including phenoxy) is 3. The second-order valence-electron chi connectivity index (χ2n) is 5.88. The summed E-state index contributed by atoms with van der Waals surface area (Å²) in [7, 11) is 1.22. The number of nitrogens with one attached hydrogen (secondary N) is 1. The Hall–Kier alpha value is -2.58. The van der Waals surface area contributed by atoms with Gasteiger partial charge < -0.3 is 14.2 Å². The molecule has 1 rings (SSSR count). The first kappa shape index (κ1) is 19.5. The van der Waals surface area contributed by atoms with Crippen LogP contribution in [0.4, 0.5) is 4.79 Å². The van der Waals surface area contributed by atoms with Gasteiger partial charge >= 0.3 is 18.0 Å². The summed E-state index contributed by atoms with van der Waals surface area (Å²) in [5.41, 5.74) is 2.06. The van der Waals surface area contributed by atoms with Crippen LogP contribution in [0, 0.1) is 6.92 Å². The summed E-state index contributed by atoms with van der Waals surface area (Å²) in [5, 5.41) is 0. The van der Waals surface area contributed by atoms with Crippen molar-refractivity contribution in [3.63, 3.8) is 0 Å². The van der Waals surface area contributed by atoms with Gasteiger partial charge in [0.25, 0.3) is 0 Å². The molecule has 0 aliphatic heterocycles. The summed E-state index contributed by atoms with van der Waals surface area (Å²) in [5.74, 6) is -1.08. The lowest BCUT2D eigenvalue weighted by Gasteiger charge is -2.20. The van der Waals surface area contributed by atoms with Crippen molar-refractivity contribution >= 4 is 18.0 Å². The van der Waals surface area contributed by atoms with E-state index in [9.17, 15) is 14.4 Å². The van der Waals surface area contributed by atoms with Gasteiger partial charge in [-0.15, -0.1) is 0 Å². The molecule has 9 heteroatoms. The molecule has 1 heterocycles. The Morgan fingerprint density at radius 2 is 1.88 bits per heavy atom. The fourth-order valence-electron chi connectivity index (χ4n) is 1.85. The Kier molecular flexibility index (Phi) is 6.33. The van der Waals surface area contributed by atoms with Gasteiger partial charge in [0, 0.05) is 0 Å². The van der Waals surface area contributed by atoms with Crippen LogP contribution in [0.25, 0.3) is 0 Å². The number of carbonyl (C=O) groups excluding carboxylic acids is 3. The lowest BCUT2D eigenvalue weighted by atomic mass is 10.2. The number of nitrogens with zero attached hydrogens (tertiary/aromatic N) is 2. The van der Waals surface area contributed by atoms with Gasteiger partial charge in [-0.3, -0.25) is 4.79 Å². The maximum Gasteiger partial charge on any atom is 0.427 e. The number of carbonyl (C=O) groups is 3. The zero-order valence-electron chi connectivity index (χ0n) is 14.8. The number of esters is 2. The first-order chi connectivity index (χ1) is 11.1. The van der Waals surface area contributed by atoms with E-state index in [1.165, 1.54) is 11.8 Å². The minimum Gasteiger partial charge on any atom is -0.466 e. The Morgan fingerprint density at radius 3 is 2.38 bits per heavy atom. The lowest BCUT2D eigenvalue weighted by molar-refractivity contribution is -0.142. The van der Waals surface area contributed by atoms with Crippen LogP contribution in [0.15, 0.2) is 0 Å². The SMILES string of the molecule is CCOC(=O)Cc1nc(C(=O)OC)c(C)n1NC(=O)OC(C)(C)C. The number of aromatic nitrogens is 2. The van der Waals surface area contributed by atoms with Crippen LogP contribution in [-0.4, -0.2) is 47.0 Å². The van der Waals surface area contributed by atoms with E-state index in [0.29, 0.717) is 5.69 Å². The number of rotatable bonds is 5. The van der Waals surface area contributed by atoms with Crippen LogP contribution in [-0.2, 0) is 25.4 Å². The molecule has 0 unspecified atom stereocenters. The predicted molar refractivity (Wildman–Crippen MR) is 84.2 cm³/mol. The van der Waals surface area contributed by atoms with Gasteiger partial charge in [-0.25, -0.2) is 24.7 Å². The van der Waals surface area contributed by atoms with E-state index in [2.05, 4.69) is 15.1 Å². The van der Waals surface area contributed by atoms with Gasteiger partial charge in [-0.2, -0.15) is 0 Å². The fraction of sp³-hybridized carbons (Fsp3) is 0.600. The second-order valence-corrected chi connectivity index (χ2v) is 5.88. The molecule has 0 aliphatic carbocycles. The molecule has 0 bridgehead atoms. The molecule has 0 aliphatic rings. The minimum absolute atomic E-state index is 0.00661. The van der Waals surface area contributed by atoms with Gasteiger partial charge in [-0.1, -0.05) is 0 Å². The molecule has 24 heavy (non-hydrogen) atoms. The summed E-state index contributed by atoms with van der Waals surface area (Å²) < 4.78 is 15.9. The van der Waals surface area contributed by atoms with Crippen molar-refractivity contribution in [3.05, 3.63) is 17.2 Å². The average molecular weight is 341 g/mol. The van der Waals surface area contributed by atoms with Crippen LogP contribution in [0.2, 0.25) is 0 Å². The van der Waals surface area contributed by atoms with E-state index in [-0.39, 0.29) is 24.5 Å². The van der Waals surface area contributed by atoms with E-state index < -0.39 is 23.6 Å². The van der Waals surface area contributed by atoms with Gasteiger partial charge in [-0.05, 0) is 34.6 Å². The maximum absolute atomic E-state index is 12.0. The topological polar surface area (TPSA) is 109 Å². The van der Waals surface area contributed by atoms with E-state index in [4.69, 9.17) is 9.47 Å². The van der Waals surface area contributed by atoms with Crippen LogP contribution >= 0.6 is 0 Å². The Labute approximate surface area is 140 Å². The van der Waals surface area contributed by atoms with Crippen molar-refractivity contribution in [1.82, 2.24) is 9.66 Å². The van der Waals surface area contributed by atoms with Crippen molar-refractivity contribution in [2.45, 2.75) is 46.6 Å². The summed E-state index contributed by atoms with van der Waals surface area (Å²) >= 11 is 0. The van der Waals surface area contributed by atoms with Crippen LogP contribution in [0.3, 0.4) is 0 Å². The monoisotopic (exact) mass is 341 g/mol. The Morgan fingerprint density at radius 1 is 1.25 bits per heavy atom. The van der Waals surface area contributed by atoms with Crippen LogP contribution in [0.1, 0.15) is 49.7 Å². The second kappa shape index (κ2) is 7.80. The molecule has 0 saturated heterocycles. The maximum atomic E-state index is 12.0. The van der Waals surface area contributed by atoms with Crippen molar-refractivity contribution in [3.8, 4) is 0 Å². The van der Waals surface area contributed by atoms with Gasteiger partial charge in [0.15, 0.2) is 5.69 Å². The molecule has 0 aromatic carbocycles. The average Bonchev–Trinajstić information content (AvgIpc) is 2.74. The molecule has 0 spiro atoms. The van der Waals surface area contributed by atoms with Crippen molar-refractivity contribution in [1.29, 1.82) is 0 Å². The third-order valence-electron chi connectivity index (χ3n) is 2.77. The molecule has 0 fully saturated rings. The quantitative estimate of drug-likeness (QED) is 0.639. The largest absolute Gasteiger partial charge is 0.466 e. The normalized spacial score (nSPS) is 10.9. The first-order valence-corrected chi connectivity index (χ1v) is 7.41. The standard InChI is InChI=1S/C15H23N3O6/c1-7-23-11(19)8-10-16-12(13(20)22-6)9(2)18(10)17-14(21)24-15(3,4)5/h7-8H2,1-6H3,(H,17,21). The minimum atomic E-state index is -0.746. The van der Waals surface area contributed by atoms with E-state index >= 15 is 0 Å². The predicted octanol–water partition coefficient (Wildman–Crippen LogP) is 1.56. The highest BCUT2D eigenvalue weighted by Crippen LogP contribution is 2.13. The van der Waals surface area contributed by atoms with Gasteiger partial charge in [0.05, 0.1) is 19.4 Å². The van der Waals surface area contributed by atoms with Gasteiger partial charge in [0.2, 0.25) is 0 Å². The highest BCUT2D eigenvalue weighted by molar-refractivity contribution is 5.89. The molecule has 1 aromatic rings. The summed E-state index contributed by atoms with van der Waals surface area (Å²) in [6.45, 7) is 8.59. The first-order valence-electron chi connectivity index (χ1n) is 7.41. The van der Waals surface area contributed by atoms with Crippen LogP contribution in [0.5, 0.6) is 0 Å². The lowest BCUT2D eigenvalue weighted by Crippen LogP contribution is -2.33. The molecule has 1 N–H and O–H groups in total. The zero-order chi connectivity index (χ0) is 18.5. The van der Waals surface area contributed by atoms with Crippen molar-refractivity contribution < 1.29 is 28.6 Å². The summed E-state index contributed by atoms with van der Waals surface area (Å²) in [6, 6.07) is 0. The molecular formula is C15H23N3O6. The molecule has 1 amide bonds. The molecule has 134 valence electrons. The van der Waals surface area contributed by atoms with E-state index in [0.717, 1.165) is 0 Å². The fourth-order valence-corrected chi connectivity index (χ4v) is 1.85. The smallest absolute Gasteiger partial charge is 0.427 e. The highest BCUT2D eigenvalue weighted by atomic mass is 16.6. The van der Waals surface area contributed by atoms with Crippen molar-refractivity contribution in [2.24, 2.45) is 0 Å². The van der Waals surface area contributed by atoms with E-state index in [1.54, 1.807) is 34.6 Å². The van der Waals surface area contributed by atoms with Gasteiger partial charge in [0.1, 0.15) is 17.8 Å². The van der Waals surface area contributed by atoms with Crippen LogP contribution < -0.4 is 5.43 Å². The zero-order valence-corrected chi connectivity index (χ0v) is 14.8. The Balaban J connectivity index is 3.14. The highest BCUT2D eigenvalue weighted by Gasteiger charge is 2.25. The number of methoxy groups -OCH3 is 1. The van der Waals surface area contributed by atoms with E-state index in [1.807, 2.05) is 0 Å². The molecule has 1 aromatic heterocycles. The van der Waals surface area contributed by atoms with Crippen molar-refractivity contribution in [2.75, 3.05) is 19.1 Å². The number of hydrogen-bond acceptors (Lipinski definition) is 7. The third kappa shape index (κ3) is 5.25.